The molecular weight excluding hydrogens is 332 g/mol. The van der Waals surface area contributed by atoms with Gasteiger partial charge in [0.25, 0.3) is 5.91 Å². The molecule has 0 aliphatic carbocycles. The van der Waals surface area contributed by atoms with Gasteiger partial charge in [-0.3, -0.25) is 4.79 Å². The Morgan fingerprint density at radius 1 is 1.24 bits per heavy atom. The van der Waals surface area contributed by atoms with E-state index in [9.17, 15) is 4.79 Å². The van der Waals surface area contributed by atoms with Crippen LogP contribution < -0.4 is 10.2 Å². The molecule has 5 heteroatoms. The van der Waals surface area contributed by atoms with Crippen LogP contribution in [-0.4, -0.2) is 18.5 Å². The quantitative estimate of drug-likeness (QED) is 0.861. The Labute approximate surface area is 133 Å². The van der Waals surface area contributed by atoms with Crippen molar-refractivity contribution < 1.29 is 9.21 Å². The maximum absolute atomic E-state index is 12.0. The Hall–Kier alpha value is -1.75. The van der Waals surface area contributed by atoms with Crippen molar-refractivity contribution >= 4 is 33.2 Å². The number of anilines is 2. The maximum Gasteiger partial charge on any atom is 0.291 e. The van der Waals surface area contributed by atoms with E-state index in [0.29, 0.717) is 10.7 Å². The molecular formula is C16H19BrN2O2. The summed E-state index contributed by atoms with van der Waals surface area (Å²) in [4.78, 5) is 14.3. The summed E-state index contributed by atoms with van der Waals surface area (Å²) in [5.41, 5.74) is 1.89. The van der Waals surface area contributed by atoms with E-state index < -0.39 is 0 Å². The first-order chi connectivity index (χ1) is 10.0. The molecule has 2 rings (SSSR count). The van der Waals surface area contributed by atoms with E-state index in [-0.39, 0.29) is 11.7 Å². The Kier molecular flexibility index (Phi) is 5.07. The number of rotatable bonds is 5. The number of carbonyl (C=O) groups excluding carboxylic acids is 1. The molecule has 0 aliphatic rings. The second-order valence-corrected chi connectivity index (χ2v) is 5.77. The first-order valence-corrected chi connectivity index (χ1v) is 7.74. The Morgan fingerprint density at radius 2 is 1.90 bits per heavy atom. The summed E-state index contributed by atoms with van der Waals surface area (Å²) in [6.45, 7) is 7.40. The average Bonchev–Trinajstić information content (AvgIpc) is 2.88. The van der Waals surface area contributed by atoms with Gasteiger partial charge in [-0.25, -0.2) is 0 Å². The molecule has 0 atom stereocenters. The lowest BCUT2D eigenvalue weighted by Crippen LogP contribution is -2.30. The summed E-state index contributed by atoms with van der Waals surface area (Å²) < 4.78 is 5.76. The minimum Gasteiger partial charge on any atom is -0.444 e. The van der Waals surface area contributed by atoms with Gasteiger partial charge in [0.15, 0.2) is 10.4 Å². The predicted octanol–water partition coefficient (Wildman–Crippen LogP) is 4.53. The molecule has 1 amide bonds. The number of nitrogens with zero attached hydrogens (tertiary/aromatic N) is 1. The SMILES string of the molecule is CCN(c1ccc(NC(=O)c2ccc(Br)o2)cc1)C(C)C. The van der Waals surface area contributed by atoms with Gasteiger partial charge in [-0.2, -0.15) is 0 Å². The molecule has 1 aromatic carbocycles. The topological polar surface area (TPSA) is 45.5 Å². The fraction of sp³-hybridized carbons (Fsp3) is 0.312. The van der Waals surface area contributed by atoms with Crippen LogP contribution in [0.2, 0.25) is 0 Å². The molecule has 0 unspecified atom stereocenters. The third-order valence-electron chi connectivity index (χ3n) is 3.22. The van der Waals surface area contributed by atoms with Crippen molar-refractivity contribution in [1.29, 1.82) is 0 Å². The molecule has 1 N–H and O–H groups in total. The number of furan rings is 1. The van der Waals surface area contributed by atoms with Crippen molar-refractivity contribution in [2.75, 3.05) is 16.8 Å². The van der Waals surface area contributed by atoms with Crippen molar-refractivity contribution in [1.82, 2.24) is 0 Å². The van der Waals surface area contributed by atoms with Crippen LogP contribution in [0.3, 0.4) is 0 Å². The summed E-state index contributed by atoms with van der Waals surface area (Å²) in [5.74, 6) is 0.0213. The highest BCUT2D eigenvalue weighted by molar-refractivity contribution is 9.10. The van der Waals surface area contributed by atoms with Crippen molar-refractivity contribution in [3.8, 4) is 0 Å². The van der Waals surface area contributed by atoms with E-state index in [2.05, 4.69) is 46.9 Å². The number of carbonyl (C=O) groups is 1. The molecule has 0 saturated heterocycles. The standard InChI is InChI=1S/C16H19BrN2O2/c1-4-19(11(2)3)13-7-5-12(6-8-13)18-16(20)14-9-10-15(17)21-14/h5-11H,4H2,1-3H3,(H,18,20). The molecule has 21 heavy (non-hydrogen) atoms. The van der Waals surface area contributed by atoms with E-state index in [1.807, 2.05) is 24.3 Å². The third-order valence-corrected chi connectivity index (χ3v) is 3.64. The monoisotopic (exact) mass is 350 g/mol. The average molecular weight is 351 g/mol. The molecule has 0 aliphatic heterocycles. The molecule has 112 valence electrons. The van der Waals surface area contributed by atoms with Crippen molar-refractivity contribution in [3.63, 3.8) is 0 Å². The van der Waals surface area contributed by atoms with Gasteiger partial charge in [0.05, 0.1) is 0 Å². The smallest absolute Gasteiger partial charge is 0.291 e. The zero-order valence-electron chi connectivity index (χ0n) is 12.4. The van der Waals surface area contributed by atoms with Gasteiger partial charge in [0.2, 0.25) is 0 Å². The number of benzene rings is 1. The zero-order chi connectivity index (χ0) is 15.4. The van der Waals surface area contributed by atoms with Gasteiger partial charge in [-0.1, -0.05) is 0 Å². The number of nitrogens with one attached hydrogen (secondary N) is 1. The summed E-state index contributed by atoms with van der Waals surface area (Å²) in [7, 11) is 0. The summed E-state index contributed by atoms with van der Waals surface area (Å²) >= 11 is 3.18. The lowest BCUT2D eigenvalue weighted by molar-refractivity contribution is 0.0995. The Balaban J connectivity index is 2.07. The minimum atomic E-state index is -0.260. The van der Waals surface area contributed by atoms with Crippen LogP contribution >= 0.6 is 15.9 Å². The van der Waals surface area contributed by atoms with Gasteiger partial charge in [0.1, 0.15) is 0 Å². The molecule has 4 nitrogen and oxygen atoms in total. The van der Waals surface area contributed by atoms with Crippen molar-refractivity contribution in [3.05, 3.63) is 46.8 Å². The number of halogens is 1. The van der Waals surface area contributed by atoms with Crippen LogP contribution in [0.4, 0.5) is 11.4 Å². The van der Waals surface area contributed by atoms with E-state index in [0.717, 1.165) is 17.9 Å². The molecule has 1 heterocycles. The molecule has 0 fully saturated rings. The second kappa shape index (κ2) is 6.80. The number of amides is 1. The Bertz CT molecular complexity index is 605. The van der Waals surface area contributed by atoms with Crippen LogP contribution in [-0.2, 0) is 0 Å². The molecule has 0 radical (unpaired) electrons. The van der Waals surface area contributed by atoms with E-state index in [1.54, 1.807) is 12.1 Å². The lowest BCUT2D eigenvalue weighted by atomic mass is 10.2. The van der Waals surface area contributed by atoms with E-state index in [4.69, 9.17) is 4.42 Å². The largest absolute Gasteiger partial charge is 0.444 e. The second-order valence-electron chi connectivity index (χ2n) is 4.98. The van der Waals surface area contributed by atoms with Crippen LogP contribution in [0, 0.1) is 0 Å². The molecule has 1 aromatic heterocycles. The van der Waals surface area contributed by atoms with Crippen molar-refractivity contribution in [2.45, 2.75) is 26.8 Å². The van der Waals surface area contributed by atoms with Crippen LogP contribution in [0.15, 0.2) is 45.5 Å². The van der Waals surface area contributed by atoms with Gasteiger partial charge in [-0.05, 0) is 73.1 Å². The van der Waals surface area contributed by atoms with E-state index in [1.165, 1.54) is 0 Å². The van der Waals surface area contributed by atoms with E-state index >= 15 is 0 Å². The fourth-order valence-corrected chi connectivity index (χ4v) is 2.52. The highest BCUT2D eigenvalue weighted by Crippen LogP contribution is 2.21. The normalized spacial score (nSPS) is 10.7. The summed E-state index contributed by atoms with van der Waals surface area (Å²) in [6.07, 6.45) is 0. The molecule has 0 saturated carbocycles. The van der Waals surface area contributed by atoms with Gasteiger partial charge < -0.3 is 14.6 Å². The van der Waals surface area contributed by atoms with Gasteiger partial charge in [0, 0.05) is 24.0 Å². The van der Waals surface area contributed by atoms with Crippen molar-refractivity contribution in [2.24, 2.45) is 0 Å². The van der Waals surface area contributed by atoms with Crippen LogP contribution in [0.25, 0.3) is 0 Å². The van der Waals surface area contributed by atoms with Crippen LogP contribution in [0.1, 0.15) is 31.3 Å². The molecule has 0 spiro atoms. The van der Waals surface area contributed by atoms with Gasteiger partial charge >= 0.3 is 0 Å². The highest BCUT2D eigenvalue weighted by atomic mass is 79.9. The first kappa shape index (κ1) is 15.6. The number of hydrogen-bond donors (Lipinski definition) is 1. The highest BCUT2D eigenvalue weighted by Gasteiger charge is 2.12. The summed E-state index contributed by atoms with van der Waals surface area (Å²) in [5, 5.41) is 2.81. The molecule has 2 aromatic rings. The molecule has 0 bridgehead atoms. The predicted molar refractivity (Wildman–Crippen MR) is 89.0 cm³/mol. The Morgan fingerprint density at radius 3 is 2.38 bits per heavy atom. The lowest BCUT2D eigenvalue weighted by Gasteiger charge is -2.27. The minimum absolute atomic E-state index is 0.260. The third kappa shape index (κ3) is 3.88. The van der Waals surface area contributed by atoms with Gasteiger partial charge in [-0.15, -0.1) is 0 Å². The van der Waals surface area contributed by atoms with Crippen LogP contribution in [0.5, 0.6) is 0 Å². The zero-order valence-corrected chi connectivity index (χ0v) is 14.0. The fourth-order valence-electron chi connectivity index (χ4n) is 2.21. The maximum atomic E-state index is 12.0. The number of hydrogen-bond acceptors (Lipinski definition) is 3. The summed E-state index contributed by atoms with van der Waals surface area (Å²) in [6, 6.07) is 11.6. The first-order valence-electron chi connectivity index (χ1n) is 6.94.